The smallest absolute Gasteiger partial charge is 0.235 e. The van der Waals surface area contributed by atoms with Crippen LogP contribution in [0.5, 0.6) is 0 Å². The lowest BCUT2D eigenvalue weighted by Gasteiger charge is -2.12. The summed E-state index contributed by atoms with van der Waals surface area (Å²) in [5.74, 6) is 1.24. The van der Waals surface area contributed by atoms with Gasteiger partial charge in [-0.3, -0.25) is 4.57 Å². The van der Waals surface area contributed by atoms with Crippen LogP contribution >= 0.6 is 0 Å². The molecule has 6 nitrogen and oxygen atoms in total. The summed E-state index contributed by atoms with van der Waals surface area (Å²) in [6.45, 7) is 0. The lowest BCUT2D eigenvalue weighted by Crippen LogP contribution is -2.04. The molecule has 0 amide bonds. The maximum Gasteiger partial charge on any atom is 0.235 e. The van der Waals surface area contributed by atoms with E-state index in [0.29, 0.717) is 11.8 Å². The zero-order chi connectivity index (χ0) is 45.0. The molecule has 0 spiro atoms. The molecule has 13 aromatic rings. The van der Waals surface area contributed by atoms with E-state index in [1.807, 2.05) is 48.5 Å². The highest BCUT2D eigenvalue weighted by molar-refractivity contribution is 6.12. The number of benzene rings is 9. The first-order valence-corrected chi connectivity index (χ1v) is 22.9. The molecular formula is C62H40N6. The molecule has 0 aliphatic heterocycles. The number of aromatic nitrogens is 6. The van der Waals surface area contributed by atoms with Crippen LogP contribution in [0, 0.1) is 0 Å². The van der Waals surface area contributed by atoms with Gasteiger partial charge < -0.3 is 4.57 Å². The van der Waals surface area contributed by atoms with E-state index in [-0.39, 0.29) is 0 Å². The van der Waals surface area contributed by atoms with E-state index in [1.54, 1.807) is 0 Å². The predicted molar refractivity (Wildman–Crippen MR) is 279 cm³/mol. The number of rotatable bonds is 8. The second kappa shape index (κ2) is 16.3. The minimum Gasteiger partial charge on any atom is -0.309 e. The topological polar surface area (TPSA) is 61.4 Å². The minimum absolute atomic E-state index is 0.593. The third-order valence-electron chi connectivity index (χ3n) is 13.0. The number of hydrogen-bond donors (Lipinski definition) is 0. The number of nitrogens with zero attached hydrogens (tertiary/aromatic N) is 6. The summed E-state index contributed by atoms with van der Waals surface area (Å²) >= 11 is 0. The highest BCUT2D eigenvalue weighted by Gasteiger charge is 2.20. The van der Waals surface area contributed by atoms with Crippen LogP contribution in [-0.2, 0) is 0 Å². The van der Waals surface area contributed by atoms with Crippen LogP contribution in [0.2, 0.25) is 0 Å². The van der Waals surface area contributed by atoms with Gasteiger partial charge in [0.2, 0.25) is 5.95 Å². The van der Waals surface area contributed by atoms with E-state index in [0.717, 1.165) is 89.2 Å². The third-order valence-corrected chi connectivity index (χ3v) is 13.0. The highest BCUT2D eigenvalue weighted by Crippen LogP contribution is 2.39. The fourth-order valence-corrected chi connectivity index (χ4v) is 9.70. The number of hydrogen-bond acceptors (Lipinski definition) is 4. The first-order chi connectivity index (χ1) is 33.7. The average Bonchev–Trinajstić information content (AvgIpc) is 3.94. The largest absolute Gasteiger partial charge is 0.309 e. The Morgan fingerprint density at radius 3 is 1.07 bits per heavy atom. The van der Waals surface area contributed by atoms with Crippen molar-refractivity contribution in [3.8, 4) is 79.2 Å². The predicted octanol–water partition coefficient (Wildman–Crippen LogP) is 15.5. The molecule has 0 N–H and O–H groups in total. The van der Waals surface area contributed by atoms with Crippen LogP contribution in [0.15, 0.2) is 243 Å². The zero-order valence-corrected chi connectivity index (χ0v) is 36.8. The minimum atomic E-state index is 0.593. The lowest BCUT2D eigenvalue weighted by atomic mass is 10.0. The van der Waals surface area contributed by atoms with E-state index < -0.39 is 0 Å². The fraction of sp³-hybridized carbons (Fsp3) is 0. The van der Waals surface area contributed by atoms with Crippen molar-refractivity contribution in [3.05, 3.63) is 243 Å². The molecule has 9 aromatic carbocycles. The van der Waals surface area contributed by atoms with Crippen molar-refractivity contribution >= 4 is 43.6 Å². The van der Waals surface area contributed by atoms with E-state index in [1.165, 1.54) is 21.8 Å². The van der Waals surface area contributed by atoms with Crippen molar-refractivity contribution in [2.75, 3.05) is 0 Å². The van der Waals surface area contributed by atoms with Crippen molar-refractivity contribution in [1.82, 2.24) is 29.1 Å². The van der Waals surface area contributed by atoms with Crippen LogP contribution in [-0.4, -0.2) is 29.1 Å². The molecule has 0 unspecified atom stereocenters. The van der Waals surface area contributed by atoms with Gasteiger partial charge in [0.1, 0.15) is 0 Å². The van der Waals surface area contributed by atoms with Crippen molar-refractivity contribution in [2.24, 2.45) is 0 Å². The van der Waals surface area contributed by atoms with Gasteiger partial charge >= 0.3 is 0 Å². The van der Waals surface area contributed by atoms with Crippen molar-refractivity contribution in [3.63, 3.8) is 0 Å². The summed E-state index contributed by atoms with van der Waals surface area (Å²) in [5, 5.41) is 4.61. The Bertz CT molecular complexity index is 3820. The molecule has 318 valence electrons. The van der Waals surface area contributed by atoms with Gasteiger partial charge in [0.25, 0.3) is 0 Å². The standard InChI is InChI=1S/C62H40N6/c1-5-17-42(18-6-1)53-39-54(43-19-7-2-8-20-43)64-61(63-53)47-32-36-60-52(38-47)51-37-46(41-29-33-48(34-30-41)67-57-27-15-13-25-49(57)50-26-14-16-28-58(50)67)31-35-59(51)68(60)62-65-55(44-21-9-3-10-22-44)40-56(66-62)45-23-11-4-12-24-45/h1-40H. The average molecular weight is 869 g/mol. The molecule has 4 aromatic heterocycles. The van der Waals surface area contributed by atoms with E-state index in [2.05, 4.69) is 203 Å². The summed E-state index contributed by atoms with van der Waals surface area (Å²) < 4.78 is 4.57. The molecule has 0 aliphatic rings. The summed E-state index contributed by atoms with van der Waals surface area (Å²) in [6, 6.07) is 85.0. The van der Waals surface area contributed by atoms with Crippen LogP contribution < -0.4 is 0 Å². The molecule has 0 fully saturated rings. The van der Waals surface area contributed by atoms with Crippen LogP contribution in [0.25, 0.3) is 123 Å². The molecule has 0 bridgehead atoms. The van der Waals surface area contributed by atoms with Crippen LogP contribution in [0.1, 0.15) is 0 Å². The maximum absolute atomic E-state index is 5.33. The molecule has 0 radical (unpaired) electrons. The maximum atomic E-state index is 5.33. The summed E-state index contributed by atoms with van der Waals surface area (Å²) in [7, 11) is 0. The third kappa shape index (κ3) is 6.82. The number of para-hydroxylation sites is 2. The van der Waals surface area contributed by atoms with Crippen molar-refractivity contribution in [2.45, 2.75) is 0 Å². The quantitative estimate of drug-likeness (QED) is 0.153. The summed E-state index contributed by atoms with van der Waals surface area (Å²) in [6.07, 6.45) is 0. The highest BCUT2D eigenvalue weighted by atomic mass is 15.2. The van der Waals surface area contributed by atoms with E-state index in [4.69, 9.17) is 19.9 Å². The van der Waals surface area contributed by atoms with Gasteiger partial charge in [0, 0.05) is 55.0 Å². The molecule has 68 heavy (non-hydrogen) atoms. The van der Waals surface area contributed by atoms with E-state index in [9.17, 15) is 0 Å². The van der Waals surface area contributed by atoms with Gasteiger partial charge in [-0.25, -0.2) is 19.9 Å². The second-order valence-electron chi connectivity index (χ2n) is 17.1. The zero-order valence-electron chi connectivity index (χ0n) is 36.8. The van der Waals surface area contributed by atoms with Gasteiger partial charge in [0.05, 0.1) is 44.8 Å². The van der Waals surface area contributed by atoms with Gasteiger partial charge in [-0.05, 0) is 77.9 Å². The SMILES string of the molecule is c1ccc(-c2cc(-c3ccccc3)nc(-c3ccc4c(c3)c3cc(-c5ccc(-n6c7ccccc7c7ccccc76)cc5)ccc3n4-c3nc(-c4ccccc4)cc(-c4ccccc4)n3)n2)cc1. The molecule has 0 aliphatic carbocycles. The Labute approximate surface area is 392 Å². The van der Waals surface area contributed by atoms with Crippen molar-refractivity contribution in [1.29, 1.82) is 0 Å². The van der Waals surface area contributed by atoms with E-state index >= 15 is 0 Å². The number of fused-ring (bicyclic) bond motifs is 6. The molecule has 0 saturated heterocycles. The van der Waals surface area contributed by atoms with Crippen LogP contribution in [0.3, 0.4) is 0 Å². The molecule has 4 heterocycles. The Kier molecular flexibility index (Phi) is 9.39. The molecule has 0 atom stereocenters. The normalized spacial score (nSPS) is 11.5. The first kappa shape index (κ1) is 39.1. The molecule has 13 rings (SSSR count). The second-order valence-corrected chi connectivity index (χ2v) is 17.1. The fourth-order valence-electron chi connectivity index (χ4n) is 9.70. The van der Waals surface area contributed by atoms with Crippen LogP contribution in [0.4, 0.5) is 0 Å². The van der Waals surface area contributed by atoms with Gasteiger partial charge in [0.15, 0.2) is 5.82 Å². The Hall–Kier alpha value is -9.26. The van der Waals surface area contributed by atoms with Crippen molar-refractivity contribution < 1.29 is 0 Å². The monoisotopic (exact) mass is 868 g/mol. The molecular weight excluding hydrogens is 829 g/mol. The Morgan fingerprint density at radius 2 is 0.603 bits per heavy atom. The Morgan fingerprint density at radius 1 is 0.235 bits per heavy atom. The summed E-state index contributed by atoms with van der Waals surface area (Å²) in [4.78, 5) is 21.1. The van der Waals surface area contributed by atoms with Gasteiger partial charge in [-0.1, -0.05) is 176 Å². The van der Waals surface area contributed by atoms with Gasteiger partial charge in [-0.15, -0.1) is 0 Å². The Balaban J connectivity index is 1.01. The lowest BCUT2D eigenvalue weighted by molar-refractivity contribution is 0.995. The molecule has 6 heteroatoms. The molecule has 0 saturated carbocycles. The summed E-state index contributed by atoms with van der Waals surface area (Å²) in [5.41, 5.74) is 16.1. The van der Waals surface area contributed by atoms with Gasteiger partial charge in [-0.2, -0.15) is 0 Å². The first-order valence-electron chi connectivity index (χ1n) is 22.9.